The molecule has 0 aliphatic rings. The van der Waals surface area contributed by atoms with E-state index in [1.807, 2.05) is 30.3 Å². The van der Waals surface area contributed by atoms with Crippen molar-refractivity contribution < 1.29 is 14.0 Å². The molecule has 4 rings (SSSR count). The van der Waals surface area contributed by atoms with E-state index < -0.39 is 11.7 Å². The van der Waals surface area contributed by atoms with Crippen molar-refractivity contribution in [2.45, 2.75) is 11.4 Å². The van der Waals surface area contributed by atoms with Crippen molar-refractivity contribution >= 4 is 40.3 Å². The molecule has 0 bridgehead atoms. The Morgan fingerprint density at radius 2 is 1.81 bits per heavy atom. The summed E-state index contributed by atoms with van der Waals surface area (Å²) in [5, 5.41) is 5.74. The van der Waals surface area contributed by atoms with E-state index in [2.05, 4.69) is 15.1 Å². The molecule has 0 spiro atoms. The summed E-state index contributed by atoms with van der Waals surface area (Å²) in [6.07, 6.45) is 3.09. The number of anilines is 1. The molecule has 10 heteroatoms. The van der Waals surface area contributed by atoms with Gasteiger partial charge in [-0.2, -0.15) is 5.10 Å². The van der Waals surface area contributed by atoms with Gasteiger partial charge >= 0.3 is 0 Å². The average molecular weight is 450 g/mol. The summed E-state index contributed by atoms with van der Waals surface area (Å²) >= 11 is 1.24. The van der Waals surface area contributed by atoms with Crippen molar-refractivity contribution in [3.05, 3.63) is 72.9 Å². The standard InChI is InChI=1S/C22H19FN6O2S/c23-15-6-8-16(9-7-15)28(11-10-19(24)30)20(31)13-32-22-18-12-27-29(21(18)25-14-26-22)17-4-2-1-3-5-17/h1-9,12,14H,10-11,13H2,(H2,24,30). The van der Waals surface area contributed by atoms with Crippen LogP contribution >= 0.6 is 11.8 Å². The number of primary amides is 1. The number of nitrogens with two attached hydrogens (primary N) is 1. The van der Waals surface area contributed by atoms with Crippen molar-refractivity contribution in [1.29, 1.82) is 0 Å². The van der Waals surface area contributed by atoms with Gasteiger partial charge in [0.05, 0.1) is 23.0 Å². The number of para-hydroxylation sites is 1. The monoisotopic (exact) mass is 450 g/mol. The molecule has 32 heavy (non-hydrogen) atoms. The maximum atomic E-state index is 13.3. The molecule has 0 saturated carbocycles. The first-order valence-electron chi connectivity index (χ1n) is 9.74. The highest BCUT2D eigenvalue weighted by atomic mass is 32.2. The van der Waals surface area contributed by atoms with E-state index in [0.29, 0.717) is 16.4 Å². The van der Waals surface area contributed by atoms with Crippen LogP contribution in [0, 0.1) is 5.82 Å². The lowest BCUT2D eigenvalue weighted by molar-refractivity contribution is -0.118. The average Bonchev–Trinajstić information content (AvgIpc) is 3.24. The summed E-state index contributed by atoms with van der Waals surface area (Å²) in [6.45, 7) is 0.103. The fourth-order valence-corrected chi connectivity index (χ4v) is 3.98. The predicted octanol–water partition coefficient (Wildman–Crippen LogP) is 2.96. The number of carbonyl (C=O) groups excluding carboxylic acids is 2. The second-order valence-corrected chi connectivity index (χ2v) is 7.80. The number of hydrogen-bond acceptors (Lipinski definition) is 6. The number of hydrogen-bond donors (Lipinski definition) is 1. The zero-order valence-corrected chi connectivity index (χ0v) is 17.7. The Kier molecular flexibility index (Phi) is 6.41. The molecule has 0 saturated heterocycles. The first-order chi connectivity index (χ1) is 15.5. The molecule has 2 aromatic heterocycles. The minimum Gasteiger partial charge on any atom is -0.370 e. The Balaban J connectivity index is 1.54. The van der Waals surface area contributed by atoms with Crippen LogP contribution in [0.5, 0.6) is 0 Å². The van der Waals surface area contributed by atoms with E-state index in [4.69, 9.17) is 5.73 Å². The number of halogens is 1. The van der Waals surface area contributed by atoms with Crippen LogP contribution in [0.3, 0.4) is 0 Å². The SMILES string of the molecule is NC(=O)CCN(C(=O)CSc1ncnc2c1cnn2-c1ccccc1)c1ccc(F)cc1. The molecule has 0 fully saturated rings. The number of thioether (sulfide) groups is 1. The zero-order chi connectivity index (χ0) is 22.5. The molecule has 2 amide bonds. The predicted molar refractivity (Wildman–Crippen MR) is 120 cm³/mol. The lowest BCUT2D eigenvalue weighted by atomic mass is 10.2. The Hall–Kier alpha value is -3.79. The van der Waals surface area contributed by atoms with E-state index >= 15 is 0 Å². The topological polar surface area (TPSA) is 107 Å². The maximum absolute atomic E-state index is 13.3. The smallest absolute Gasteiger partial charge is 0.237 e. The molecular weight excluding hydrogens is 431 g/mol. The van der Waals surface area contributed by atoms with Gasteiger partial charge in [0, 0.05) is 18.7 Å². The molecule has 162 valence electrons. The third kappa shape index (κ3) is 4.75. The number of nitrogens with zero attached hydrogens (tertiary/aromatic N) is 5. The molecule has 8 nitrogen and oxygen atoms in total. The number of carbonyl (C=O) groups is 2. The van der Waals surface area contributed by atoms with Gasteiger partial charge in [0.25, 0.3) is 0 Å². The Labute approximate surface area is 187 Å². The van der Waals surface area contributed by atoms with Gasteiger partial charge in [-0.25, -0.2) is 19.0 Å². The van der Waals surface area contributed by atoms with Crippen molar-refractivity contribution in [3.63, 3.8) is 0 Å². The summed E-state index contributed by atoms with van der Waals surface area (Å²) < 4.78 is 15.0. The van der Waals surface area contributed by atoms with E-state index in [1.165, 1.54) is 47.3 Å². The molecule has 0 atom stereocenters. The van der Waals surface area contributed by atoms with Crippen molar-refractivity contribution in [2.24, 2.45) is 5.73 Å². The Morgan fingerprint density at radius 3 is 2.53 bits per heavy atom. The minimum atomic E-state index is -0.525. The van der Waals surface area contributed by atoms with Crippen LogP contribution in [-0.2, 0) is 9.59 Å². The third-order valence-corrected chi connectivity index (χ3v) is 5.67. The summed E-state index contributed by atoms with van der Waals surface area (Å²) in [7, 11) is 0. The summed E-state index contributed by atoms with van der Waals surface area (Å²) in [6, 6.07) is 15.1. The van der Waals surface area contributed by atoms with Crippen molar-refractivity contribution in [1.82, 2.24) is 19.7 Å². The lowest BCUT2D eigenvalue weighted by Crippen LogP contribution is -2.35. The molecule has 4 aromatic rings. The fourth-order valence-electron chi connectivity index (χ4n) is 3.14. The van der Waals surface area contributed by atoms with Crippen LogP contribution in [0.2, 0.25) is 0 Å². The van der Waals surface area contributed by atoms with Gasteiger partial charge in [-0.05, 0) is 36.4 Å². The Morgan fingerprint density at radius 1 is 1.06 bits per heavy atom. The highest BCUT2D eigenvalue weighted by molar-refractivity contribution is 8.00. The van der Waals surface area contributed by atoms with Gasteiger partial charge in [0.2, 0.25) is 11.8 Å². The zero-order valence-electron chi connectivity index (χ0n) is 16.9. The summed E-state index contributed by atoms with van der Waals surface area (Å²) in [4.78, 5) is 34.3. The third-order valence-electron chi connectivity index (χ3n) is 4.68. The highest BCUT2D eigenvalue weighted by Crippen LogP contribution is 2.27. The quantitative estimate of drug-likeness (QED) is 0.327. The van der Waals surface area contributed by atoms with Gasteiger partial charge in [-0.1, -0.05) is 30.0 Å². The second-order valence-electron chi connectivity index (χ2n) is 6.83. The first-order valence-corrected chi connectivity index (χ1v) is 10.7. The number of rotatable bonds is 8. The fraction of sp³-hybridized carbons (Fsp3) is 0.136. The second kappa shape index (κ2) is 9.56. The van der Waals surface area contributed by atoms with Crippen molar-refractivity contribution in [3.8, 4) is 5.69 Å². The molecule has 0 unspecified atom stereocenters. The lowest BCUT2D eigenvalue weighted by Gasteiger charge is -2.22. The molecule has 0 aliphatic carbocycles. The van der Waals surface area contributed by atoms with Gasteiger partial charge in [0.1, 0.15) is 17.2 Å². The normalized spacial score (nSPS) is 10.9. The van der Waals surface area contributed by atoms with Crippen LogP contribution < -0.4 is 10.6 Å². The minimum absolute atomic E-state index is 0.00458. The van der Waals surface area contributed by atoms with Crippen LogP contribution in [0.25, 0.3) is 16.7 Å². The molecule has 2 aromatic carbocycles. The maximum Gasteiger partial charge on any atom is 0.237 e. The van der Waals surface area contributed by atoms with Gasteiger partial charge in [0.15, 0.2) is 5.65 Å². The summed E-state index contributed by atoms with van der Waals surface area (Å²) in [5.74, 6) is -1.14. The number of amides is 2. The van der Waals surface area contributed by atoms with E-state index in [0.717, 1.165) is 11.1 Å². The first kappa shape index (κ1) is 21.4. The largest absolute Gasteiger partial charge is 0.370 e. The van der Waals surface area contributed by atoms with E-state index in [1.54, 1.807) is 10.9 Å². The highest BCUT2D eigenvalue weighted by Gasteiger charge is 2.19. The molecule has 2 heterocycles. The van der Waals surface area contributed by atoms with Crippen molar-refractivity contribution in [2.75, 3.05) is 17.2 Å². The van der Waals surface area contributed by atoms with Gasteiger partial charge in [-0.15, -0.1) is 0 Å². The van der Waals surface area contributed by atoms with Gasteiger partial charge < -0.3 is 10.6 Å². The Bertz CT molecular complexity index is 1250. The van der Waals surface area contributed by atoms with Crippen LogP contribution in [0.4, 0.5) is 10.1 Å². The van der Waals surface area contributed by atoms with E-state index in [9.17, 15) is 14.0 Å². The molecule has 2 N–H and O–H groups in total. The van der Waals surface area contributed by atoms with Gasteiger partial charge in [-0.3, -0.25) is 9.59 Å². The number of benzene rings is 2. The number of aromatic nitrogens is 4. The molecule has 0 aliphatic heterocycles. The molecular formula is C22H19FN6O2S. The summed E-state index contributed by atoms with van der Waals surface area (Å²) in [5.41, 5.74) is 7.23. The van der Waals surface area contributed by atoms with E-state index in [-0.39, 0.29) is 24.6 Å². The molecule has 0 radical (unpaired) electrons. The van der Waals surface area contributed by atoms with Crippen LogP contribution in [0.15, 0.2) is 72.1 Å². The van der Waals surface area contributed by atoms with Crippen LogP contribution in [0.1, 0.15) is 6.42 Å². The van der Waals surface area contributed by atoms with Crippen LogP contribution in [-0.4, -0.2) is 43.9 Å². The number of fused-ring (bicyclic) bond motifs is 1.